The van der Waals surface area contributed by atoms with Crippen LogP contribution in [0.15, 0.2) is 0 Å². The zero-order valence-electron chi connectivity index (χ0n) is 8.76. The zero-order valence-corrected chi connectivity index (χ0v) is 8.76. The number of aliphatic hydroxyl groups is 1. The lowest BCUT2D eigenvalue weighted by molar-refractivity contribution is 0.117. The van der Waals surface area contributed by atoms with E-state index in [-0.39, 0.29) is 12.3 Å². The predicted molar refractivity (Wildman–Crippen MR) is 52.0 cm³/mol. The first-order chi connectivity index (χ1) is 5.43. The van der Waals surface area contributed by atoms with Crippen molar-refractivity contribution in [1.29, 1.82) is 0 Å². The maximum Gasteiger partial charge on any atom is 0.0840 e. The standard InChI is InChI=1S/C9H22N2O/c1-6(2)10-9(8(5)12)11-7(3)4/h6-12H,1-5H3. The molecule has 3 nitrogen and oxygen atoms in total. The topological polar surface area (TPSA) is 44.3 Å². The minimum Gasteiger partial charge on any atom is -0.390 e. The van der Waals surface area contributed by atoms with Gasteiger partial charge in [0.25, 0.3) is 0 Å². The molecule has 0 rings (SSSR count). The predicted octanol–water partition coefficient (Wildman–Crippen LogP) is 0.689. The van der Waals surface area contributed by atoms with Crippen LogP contribution < -0.4 is 10.6 Å². The van der Waals surface area contributed by atoms with E-state index < -0.39 is 0 Å². The summed E-state index contributed by atoms with van der Waals surface area (Å²) in [5.74, 6) is 0. The third kappa shape index (κ3) is 5.52. The fourth-order valence-corrected chi connectivity index (χ4v) is 1.04. The van der Waals surface area contributed by atoms with Crippen LogP contribution in [-0.4, -0.2) is 29.5 Å². The van der Waals surface area contributed by atoms with Crippen LogP contribution in [-0.2, 0) is 0 Å². The second-order valence-electron chi connectivity index (χ2n) is 3.86. The number of aliphatic hydroxyl groups excluding tert-OH is 1. The molecule has 1 atom stereocenters. The molecule has 0 saturated heterocycles. The van der Waals surface area contributed by atoms with Gasteiger partial charge in [0.1, 0.15) is 0 Å². The minimum absolute atomic E-state index is 0.00926. The van der Waals surface area contributed by atoms with E-state index in [1.54, 1.807) is 6.92 Å². The Kier molecular flexibility index (Phi) is 5.46. The van der Waals surface area contributed by atoms with Gasteiger partial charge >= 0.3 is 0 Å². The largest absolute Gasteiger partial charge is 0.390 e. The molecule has 0 aromatic rings. The molecule has 0 aliphatic rings. The van der Waals surface area contributed by atoms with Crippen molar-refractivity contribution in [3.63, 3.8) is 0 Å². The van der Waals surface area contributed by atoms with E-state index in [0.717, 1.165) is 0 Å². The first kappa shape index (κ1) is 11.9. The summed E-state index contributed by atoms with van der Waals surface area (Å²) in [6, 6.07) is 0.770. The molecule has 0 amide bonds. The molecule has 3 heteroatoms. The van der Waals surface area contributed by atoms with Crippen molar-refractivity contribution in [2.45, 2.75) is 59.0 Å². The Labute approximate surface area is 75.6 Å². The summed E-state index contributed by atoms with van der Waals surface area (Å²) >= 11 is 0. The summed E-state index contributed by atoms with van der Waals surface area (Å²) in [4.78, 5) is 0. The van der Waals surface area contributed by atoms with Crippen molar-refractivity contribution < 1.29 is 5.11 Å². The molecule has 1 unspecified atom stereocenters. The van der Waals surface area contributed by atoms with Crippen molar-refractivity contribution in [2.75, 3.05) is 0 Å². The Morgan fingerprint density at radius 1 is 0.833 bits per heavy atom. The van der Waals surface area contributed by atoms with Gasteiger partial charge in [-0.1, -0.05) is 0 Å². The minimum atomic E-state index is -0.366. The van der Waals surface area contributed by atoms with E-state index >= 15 is 0 Å². The molecule has 74 valence electrons. The first-order valence-corrected chi connectivity index (χ1v) is 4.63. The summed E-state index contributed by atoms with van der Waals surface area (Å²) < 4.78 is 0. The van der Waals surface area contributed by atoms with Gasteiger partial charge in [-0.2, -0.15) is 0 Å². The maximum atomic E-state index is 9.38. The van der Waals surface area contributed by atoms with Gasteiger partial charge in [-0.3, -0.25) is 10.6 Å². The number of rotatable bonds is 5. The molecule has 0 radical (unpaired) electrons. The third-order valence-electron chi connectivity index (χ3n) is 1.51. The van der Waals surface area contributed by atoms with Gasteiger partial charge in [0, 0.05) is 12.1 Å². The summed E-state index contributed by atoms with van der Waals surface area (Å²) in [6.07, 6.45) is -0.375. The fourth-order valence-electron chi connectivity index (χ4n) is 1.04. The summed E-state index contributed by atoms with van der Waals surface area (Å²) in [5.41, 5.74) is 0. The SMILES string of the molecule is CC(C)NC(NC(C)C)C(C)O. The molecule has 0 aromatic heterocycles. The molecule has 0 saturated carbocycles. The van der Waals surface area contributed by atoms with Crippen molar-refractivity contribution in [3.05, 3.63) is 0 Å². The lowest BCUT2D eigenvalue weighted by Crippen LogP contribution is -2.54. The number of nitrogens with one attached hydrogen (secondary N) is 2. The van der Waals surface area contributed by atoms with Crippen LogP contribution in [0.25, 0.3) is 0 Å². The smallest absolute Gasteiger partial charge is 0.0840 e. The van der Waals surface area contributed by atoms with Crippen LogP contribution in [0.1, 0.15) is 34.6 Å². The highest BCUT2D eigenvalue weighted by Crippen LogP contribution is 1.93. The van der Waals surface area contributed by atoms with Gasteiger partial charge in [0.15, 0.2) is 0 Å². The van der Waals surface area contributed by atoms with E-state index in [0.29, 0.717) is 12.1 Å². The van der Waals surface area contributed by atoms with E-state index in [9.17, 15) is 5.11 Å². The van der Waals surface area contributed by atoms with Crippen molar-refractivity contribution in [3.8, 4) is 0 Å². The molecule has 0 heterocycles. The van der Waals surface area contributed by atoms with Gasteiger partial charge in [0.2, 0.25) is 0 Å². The Hall–Kier alpha value is -0.120. The number of hydrogen-bond acceptors (Lipinski definition) is 3. The van der Waals surface area contributed by atoms with Gasteiger partial charge in [-0.25, -0.2) is 0 Å². The molecule has 0 bridgehead atoms. The first-order valence-electron chi connectivity index (χ1n) is 4.63. The highest BCUT2D eigenvalue weighted by atomic mass is 16.3. The Morgan fingerprint density at radius 3 is 1.33 bits per heavy atom. The summed E-state index contributed by atoms with van der Waals surface area (Å²) in [5, 5.41) is 15.9. The second-order valence-corrected chi connectivity index (χ2v) is 3.86. The Bertz CT molecular complexity index is 103. The van der Waals surface area contributed by atoms with Gasteiger partial charge in [-0.05, 0) is 34.6 Å². The highest BCUT2D eigenvalue weighted by Gasteiger charge is 2.15. The zero-order chi connectivity index (χ0) is 9.72. The van der Waals surface area contributed by atoms with Crippen LogP contribution in [0.5, 0.6) is 0 Å². The normalized spacial score (nSPS) is 14.8. The second kappa shape index (κ2) is 5.51. The average Bonchev–Trinajstić information content (AvgIpc) is 1.83. The lowest BCUT2D eigenvalue weighted by atomic mass is 10.2. The van der Waals surface area contributed by atoms with Crippen molar-refractivity contribution >= 4 is 0 Å². The monoisotopic (exact) mass is 174 g/mol. The van der Waals surface area contributed by atoms with Gasteiger partial charge in [-0.15, -0.1) is 0 Å². The van der Waals surface area contributed by atoms with Crippen LogP contribution in [0.4, 0.5) is 0 Å². The van der Waals surface area contributed by atoms with E-state index in [1.807, 2.05) is 0 Å². The maximum absolute atomic E-state index is 9.38. The van der Waals surface area contributed by atoms with E-state index in [2.05, 4.69) is 38.3 Å². The van der Waals surface area contributed by atoms with Crippen LogP contribution in [0, 0.1) is 0 Å². The molecule has 3 N–H and O–H groups in total. The molecule has 0 fully saturated rings. The molecule has 0 spiro atoms. The molecule has 0 aliphatic heterocycles. The average molecular weight is 174 g/mol. The number of hydrogen-bond donors (Lipinski definition) is 3. The summed E-state index contributed by atoms with van der Waals surface area (Å²) in [6.45, 7) is 10.1. The molecular formula is C9H22N2O. The Balaban J connectivity index is 3.87. The van der Waals surface area contributed by atoms with Crippen LogP contribution in [0.2, 0.25) is 0 Å². The molecule has 0 aliphatic carbocycles. The van der Waals surface area contributed by atoms with E-state index in [1.165, 1.54) is 0 Å². The van der Waals surface area contributed by atoms with Crippen molar-refractivity contribution in [1.82, 2.24) is 10.6 Å². The van der Waals surface area contributed by atoms with Gasteiger partial charge in [0.05, 0.1) is 12.3 Å². The molecular weight excluding hydrogens is 152 g/mol. The van der Waals surface area contributed by atoms with Crippen molar-refractivity contribution in [2.24, 2.45) is 0 Å². The van der Waals surface area contributed by atoms with Gasteiger partial charge < -0.3 is 5.11 Å². The molecule has 0 aromatic carbocycles. The lowest BCUT2D eigenvalue weighted by Gasteiger charge is -2.26. The quantitative estimate of drug-likeness (QED) is 0.537. The third-order valence-corrected chi connectivity index (χ3v) is 1.51. The summed E-state index contributed by atoms with van der Waals surface area (Å²) in [7, 11) is 0. The fraction of sp³-hybridized carbons (Fsp3) is 1.00. The Morgan fingerprint density at radius 2 is 1.17 bits per heavy atom. The van der Waals surface area contributed by atoms with Crippen LogP contribution >= 0.6 is 0 Å². The highest BCUT2D eigenvalue weighted by molar-refractivity contribution is 4.73. The van der Waals surface area contributed by atoms with Crippen LogP contribution in [0.3, 0.4) is 0 Å². The van der Waals surface area contributed by atoms with E-state index in [4.69, 9.17) is 0 Å². The molecule has 12 heavy (non-hydrogen) atoms.